The Morgan fingerprint density at radius 2 is 1.69 bits per heavy atom. The highest BCUT2D eigenvalue weighted by molar-refractivity contribution is 9.10. The molecule has 2 aromatic carbocycles. The first-order valence-electron chi connectivity index (χ1n) is 9.26. The van der Waals surface area contributed by atoms with Gasteiger partial charge >= 0.3 is 12.0 Å². The van der Waals surface area contributed by atoms with Gasteiger partial charge in [-0.05, 0) is 55.7 Å². The van der Waals surface area contributed by atoms with Crippen LogP contribution in [-0.2, 0) is 16.0 Å². The Kier molecular flexibility index (Phi) is 8.67. The molecule has 8 heteroatoms. The van der Waals surface area contributed by atoms with E-state index in [-0.39, 0.29) is 30.8 Å². The molecule has 0 radical (unpaired) electrons. The van der Waals surface area contributed by atoms with Crippen LogP contribution in [0.4, 0.5) is 16.2 Å². The molecule has 3 amide bonds. The Bertz CT molecular complexity index is 855. The number of halogens is 1. The standard InChI is InChI=1S/C21H24BrN3O4/c1-14(6-13-20(27)28)23-19(26)12-7-15-4-2-3-5-18(15)25-21(29)24-17-10-8-16(22)9-11-17/h2-5,8-11,14H,6-7,12-13H2,1H3,(H,23,26)(H,27,28)(H2,24,25,29). The van der Waals surface area contributed by atoms with Gasteiger partial charge in [0, 0.05) is 34.7 Å². The number of amides is 3. The molecule has 0 fully saturated rings. The quantitative estimate of drug-likeness (QED) is 0.443. The third kappa shape index (κ3) is 8.35. The molecule has 0 spiro atoms. The minimum Gasteiger partial charge on any atom is -0.481 e. The van der Waals surface area contributed by atoms with E-state index in [1.165, 1.54) is 0 Å². The molecular weight excluding hydrogens is 438 g/mol. The van der Waals surface area contributed by atoms with Crippen LogP contribution in [0.1, 0.15) is 31.7 Å². The molecule has 0 saturated carbocycles. The minimum absolute atomic E-state index is 0.0156. The Hall–Kier alpha value is -2.87. The molecule has 1 atom stereocenters. The van der Waals surface area contributed by atoms with Crippen molar-refractivity contribution in [2.75, 3.05) is 10.6 Å². The van der Waals surface area contributed by atoms with E-state index in [0.717, 1.165) is 10.0 Å². The van der Waals surface area contributed by atoms with Crippen molar-refractivity contribution in [1.82, 2.24) is 5.32 Å². The van der Waals surface area contributed by atoms with Gasteiger partial charge in [0.25, 0.3) is 0 Å². The normalized spacial score (nSPS) is 11.4. The number of nitrogens with one attached hydrogen (secondary N) is 3. The lowest BCUT2D eigenvalue weighted by Gasteiger charge is -2.14. The highest BCUT2D eigenvalue weighted by Gasteiger charge is 2.12. The van der Waals surface area contributed by atoms with Crippen molar-refractivity contribution in [3.8, 4) is 0 Å². The van der Waals surface area contributed by atoms with Crippen LogP contribution in [-0.4, -0.2) is 29.1 Å². The largest absolute Gasteiger partial charge is 0.481 e. The molecule has 0 aliphatic carbocycles. The highest BCUT2D eigenvalue weighted by atomic mass is 79.9. The Morgan fingerprint density at radius 3 is 2.38 bits per heavy atom. The van der Waals surface area contributed by atoms with Crippen LogP contribution in [0.25, 0.3) is 0 Å². The zero-order valence-electron chi connectivity index (χ0n) is 16.1. The second-order valence-electron chi connectivity index (χ2n) is 6.64. The molecule has 29 heavy (non-hydrogen) atoms. The van der Waals surface area contributed by atoms with Gasteiger partial charge in [-0.1, -0.05) is 34.1 Å². The van der Waals surface area contributed by atoms with Gasteiger partial charge in [0.1, 0.15) is 0 Å². The summed E-state index contributed by atoms with van der Waals surface area (Å²) in [5.74, 6) is -1.04. The van der Waals surface area contributed by atoms with Crippen molar-refractivity contribution >= 4 is 45.2 Å². The summed E-state index contributed by atoms with van der Waals surface area (Å²) in [5, 5.41) is 17.1. The molecule has 0 bridgehead atoms. The maximum atomic E-state index is 12.3. The number of para-hydroxylation sites is 1. The van der Waals surface area contributed by atoms with Gasteiger partial charge in [0.05, 0.1) is 0 Å². The summed E-state index contributed by atoms with van der Waals surface area (Å²) >= 11 is 3.35. The first-order valence-corrected chi connectivity index (χ1v) is 10.1. The number of benzene rings is 2. The molecule has 0 saturated heterocycles. The number of hydrogen-bond donors (Lipinski definition) is 4. The number of anilines is 2. The van der Waals surface area contributed by atoms with Gasteiger partial charge < -0.3 is 21.1 Å². The number of aliphatic carboxylic acids is 1. The van der Waals surface area contributed by atoms with Gasteiger partial charge in [-0.25, -0.2) is 4.79 Å². The van der Waals surface area contributed by atoms with Crippen molar-refractivity contribution in [2.45, 2.75) is 38.6 Å². The van der Waals surface area contributed by atoms with E-state index in [0.29, 0.717) is 24.2 Å². The molecule has 4 N–H and O–H groups in total. The summed E-state index contributed by atoms with van der Waals surface area (Å²) in [6, 6.07) is 14.0. The fourth-order valence-corrected chi connectivity index (χ4v) is 2.95. The summed E-state index contributed by atoms with van der Waals surface area (Å²) < 4.78 is 0.921. The summed E-state index contributed by atoms with van der Waals surface area (Å²) in [5.41, 5.74) is 2.14. The lowest BCUT2D eigenvalue weighted by molar-refractivity contribution is -0.137. The second kappa shape index (κ2) is 11.2. The molecule has 0 aliphatic heterocycles. The Balaban J connectivity index is 1.87. The van der Waals surface area contributed by atoms with E-state index in [1.807, 2.05) is 30.3 Å². The summed E-state index contributed by atoms with van der Waals surface area (Å²) in [6.07, 6.45) is 1.09. The fourth-order valence-electron chi connectivity index (χ4n) is 2.69. The number of carbonyl (C=O) groups excluding carboxylic acids is 2. The molecule has 1 unspecified atom stereocenters. The second-order valence-corrected chi connectivity index (χ2v) is 7.56. The predicted molar refractivity (Wildman–Crippen MR) is 116 cm³/mol. The summed E-state index contributed by atoms with van der Waals surface area (Å²) in [4.78, 5) is 35.0. The molecule has 7 nitrogen and oxygen atoms in total. The third-order valence-corrected chi connectivity index (χ3v) is 4.72. The van der Waals surface area contributed by atoms with Crippen LogP contribution >= 0.6 is 15.9 Å². The van der Waals surface area contributed by atoms with Crippen molar-refractivity contribution in [3.05, 3.63) is 58.6 Å². The molecule has 2 aromatic rings. The van der Waals surface area contributed by atoms with Gasteiger partial charge in [-0.15, -0.1) is 0 Å². The molecule has 2 rings (SSSR count). The zero-order valence-corrected chi connectivity index (χ0v) is 17.7. The SMILES string of the molecule is CC(CCC(=O)O)NC(=O)CCc1ccccc1NC(=O)Nc1ccc(Br)cc1. The topological polar surface area (TPSA) is 108 Å². The van der Waals surface area contributed by atoms with Crippen molar-refractivity contribution < 1.29 is 19.5 Å². The van der Waals surface area contributed by atoms with Crippen molar-refractivity contribution in [2.24, 2.45) is 0 Å². The van der Waals surface area contributed by atoms with Gasteiger partial charge in [-0.3, -0.25) is 9.59 Å². The zero-order chi connectivity index (χ0) is 21.2. The number of urea groups is 1. The number of aryl methyl sites for hydroxylation is 1. The third-order valence-electron chi connectivity index (χ3n) is 4.19. The molecule has 0 aliphatic rings. The van der Waals surface area contributed by atoms with Gasteiger partial charge in [0.2, 0.25) is 5.91 Å². The van der Waals surface area contributed by atoms with Crippen LogP contribution in [0.15, 0.2) is 53.0 Å². The van der Waals surface area contributed by atoms with E-state index in [2.05, 4.69) is 31.9 Å². The minimum atomic E-state index is -0.882. The lowest BCUT2D eigenvalue weighted by atomic mass is 10.1. The van der Waals surface area contributed by atoms with E-state index in [1.54, 1.807) is 25.1 Å². The molecule has 0 heterocycles. The van der Waals surface area contributed by atoms with Gasteiger partial charge in [0.15, 0.2) is 0 Å². The van der Waals surface area contributed by atoms with E-state index >= 15 is 0 Å². The molecule has 154 valence electrons. The number of carbonyl (C=O) groups is 3. The van der Waals surface area contributed by atoms with Crippen molar-refractivity contribution in [1.29, 1.82) is 0 Å². The fraction of sp³-hybridized carbons (Fsp3) is 0.286. The van der Waals surface area contributed by atoms with E-state index < -0.39 is 5.97 Å². The van der Waals surface area contributed by atoms with Crippen LogP contribution in [0.2, 0.25) is 0 Å². The lowest BCUT2D eigenvalue weighted by Crippen LogP contribution is -2.33. The van der Waals surface area contributed by atoms with E-state index in [9.17, 15) is 14.4 Å². The van der Waals surface area contributed by atoms with Crippen LogP contribution in [0.5, 0.6) is 0 Å². The van der Waals surface area contributed by atoms with E-state index in [4.69, 9.17) is 5.11 Å². The molecule has 0 aromatic heterocycles. The number of carboxylic acids is 1. The first-order chi connectivity index (χ1) is 13.8. The maximum absolute atomic E-state index is 12.3. The average Bonchev–Trinajstić information content (AvgIpc) is 2.67. The van der Waals surface area contributed by atoms with Crippen LogP contribution in [0, 0.1) is 0 Å². The highest BCUT2D eigenvalue weighted by Crippen LogP contribution is 2.18. The maximum Gasteiger partial charge on any atom is 0.323 e. The summed E-state index contributed by atoms with van der Waals surface area (Å²) in [7, 11) is 0. The number of carboxylic acid groups (broad SMARTS) is 1. The van der Waals surface area contributed by atoms with Crippen molar-refractivity contribution in [3.63, 3.8) is 0 Å². The Labute approximate surface area is 178 Å². The monoisotopic (exact) mass is 461 g/mol. The smallest absolute Gasteiger partial charge is 0.323 e. The predicted octanol–water partition coefficient (Wildman–Crippen LogP) is 4.40. The molecular formula is C21H24BrN3O4. The average molecular weight is 462 g/mol. The van der Waals surface area contributed by atoms with Crippen LogP contribution < -0.4 is 16.0 Å². The first kappa shape index (κ1) is 22.4. The number of rotatable bonds is 9. The van der Waals surface area contributed by atoms with Gasteiger partial charge in [-0.2, -0.15) is 0 Å². The number of hydrogen-bond acceptors (Lipinski definition) is 3. The van der Waals surface area contributed by atoms with Crippen LogP contribution in [0.3, 0.4) is 0 Å². The summed E-state index contributed by atoms with van der Waals surface area (Å²) in [6.45, 7) is 1.78. The Morgan fingerprint density at radius 1 is 1.00 bits per heavy atom.